The number of ether oxygens (including phenoxy) is 2. The lowest BCUT2D eigenvalue weighted by Gasteiger charge is -2.09. The summed E-state index contributed by atoms with van der Waals surface area (Å²) in [6.07, 6.45) is 0.720. The highest BCUT2D eigenvalue weighted by Crippen LogP contribution is 2.26. The molecule has 0 radical (unpaired) electrons. The SMILES string of the molecule is COCCOCCCNC(=O)c1cc(-c2ccccc2)nc2onc(C)c12. The summed E-state index contributed by atoms with van der Waals surface area (Å²) in [6, 6.07) is 11.5. The Bertz CT molecular complexity index is 893. The van der Waals surface area contributed by atoms with Gasteiger partial charge >= 0.3 is 0 Å². The number of aromatic nitrogens is 2. The molecular formula is C20H23N3O4. The van der Waals surface area contributed by atoms with Crippen LogP contribution in [0.25, 0.3) is 22.4 Å². The number of carbonyl (C=O) groups is 1. The zero-order valence-electron chi connectivity index (χ0n) is 15.5. The fourth-order valence-corrected chi connectivity index (χ4v) is 2.75. The van der Waals surface area contributed by atoms with Gasteiger partial charge in [0.05, 0.1) is 35.6 Å². The standard InChI is InChI=1S/C20H23N3O4/c1-14-18-16(19(24)21-9-6-10-26-12-11-25-2)13-17(22-20(18)27-23-14)15-7-4-3-5-8-15/h3-5,7-8,13H,6,9-12H2,1-2H3,(H,21,24). The molecule has 3 rings (SSSR count). The third kappa shape index (κ3) is 4.69. The monoisotopic (exact) mass is 369 g/mol. The quantitative estimate of drug-likeness (QED) is 0.584. The van der Waals surface area contributed by atoms with Crippen molar-refractivity contribution in [3.8, 4) is 11.3 Å². The molecule has 0 aliphatic rings. The molecule has 142 valence electrons. The van der Waals surface area contributed by atoms with Gasteiger partial charge in [0.15, 0.2) is 0 Å². The average molecular weight is 369 g/mol. The van der Waals surface area contributed by atoms with E-state index in [9.17, 15) is 4.79 Å². The average Bonchev–Trinajstić information content (AvgIpc) is 3.08. The number of nitrogens with zero attached hydrogens (tertiary/aromatic N) is 2. The van der Waals surface area contributed by atoms with Gasteiger partial charge in [-0.25, -0.2) is 4.98 Å². The third-order valence-electron chi connectivity index (χ3n) is 4.11. The van der Waals surface area contributed by atoms with Gasteiger partial charge < -0.3 is 19.3 Å². The van der Waals surface area contributed by atoms with Crippen LogP contribution in [-0.4, -0.2) is 49.5 Å². The number of pyridine rings is 1. The predicted octanol–water partition coefficient (Wildman–Crippen LogP) is 2.98. The molecule has 3 aromatic rings. The van der Waals surface area contributed by atoms with E-state index in [4.69, 9.17) is 14.0 Å². The Labute approximate surface area is 157 Å². The van der Waals surface area contributed by atoms with Crippen molar-refractivity contribution in [3.05, 3.63) is 47.7 Å². The normalized spacial score (nSPS) is 11.0. The van der Waals surface area contributed by atoms with Crippen LogP contribution in [0.4, 0.5) is 0 Å². The van der Waals surface area contributed by atoms with Crippen LogP contribution in [-0.2, 0) is 9.47 Å². The van der Waals surface area contributed by atoms with Crippen LogP contribution in [0, 0.1) is 6.92 Å². The van der Waals surface area contributed by atoms with Gasteiger partial charge in [-0.15, -0.1) is 0 Å². The number of fused-ring (bicyclic) bond motifs is 1. The summed E-state index contributed by atoms with van der Waals surface area (Å²) in [5.41, 5.74) is 3.10. The zero-order chi connectivity index (χ0) is 19.1. The number of amides is 1. The van der Waals surface area contributed by atoms with E-state index in [0.29, 0.717) is 54.4 Å². The number of aryl methyl sites for hydroxylation is 1. The lowest BCUT2D eigenvalue weighted by molar-refractivity contribution is 0.0688. The largest absolute Gasteiger partial charge is 0.382 e. The summed E-state index contributed by atoms with van der Waals surface area (Å²) in [5, 5.41) is 7.53. The molecule has 1 amide bonds. The van der Waals surface area contributed by atoms with Crippen molar-refractivity contribution < 1.29 is 18.8 Å². The van der Waals surface area contributed by atoms with Crippen LogP contribution in [0.1, 0.15) is 22.5 Å². The molecule has 0 aliphatic heterocycles. The Morgan fingerprint density at radius 2 is 2.00 bits per heavy atom. The first-order chi connectivity index (χ1) is 13.2. The summed E-state index contributed by atoms with van der Waals surface area (Å²) in [4.78, 5) is 17.3. The van der Waals surface area contributed by atoms with Gasteiger partial charge in [0.1, 0.15) is 0 Å². The molecule has 0 fully saturated rings. The van der Waals surface area contributed by atoms with E-state index >= 15 is 0 Å². The van der Waals surface area contributed by atoms with Crippen molar-refractivity contribution >= 4 is 17.0 Å². The topological polar surface area (TPSA) is 86.5 Å². The van der Waals surface area contributed by atoms with Gasteiger partial charge in [-0.2, -0.15) is 0 Å². The molecule has 0 spiro atoms. The molecule has 7 nitrogen and oxygen atoms in total. The molecular weight excluding hydrogens is 346 g/mol. The Morgan fingerprint density at radius 1 is 1.19 bits per heavy atom. The predicted molar refractivity (Wildman–Crippen MR) is 102 cm³/mol. The second-order valence-corrected chi connectivity index (χ2v) is 6.08. The van der Waals surface area contributed by atoms with Gasteiger partial charge in [0, 0.05) is 25.8 Å². The van der Waals surface area contributed by atoms with E-state index in [2.05, 4.69) is 15.5 Å². The second kappa shape index (κ2) is 9.25. The smallest absolute Gasteiger partial charge is 0.259 e. The maximum absolute atomic E-state index is 12.8. The minimum Gasteiger partial charge on any atom is -0.382 e. The van der Waals surface area contributed by atoms with Crippen LogP contribution in [0.3, 0.4) is 0 Å². The van der Waals surface area contributed by atoms with Crippen molar-refractivity contribution in [1.29, 1.82) is 0 Å². The lowest BCUT2D eigenvalue weighted by Crippen LogP contribution is -2.25. The van der Waals surface area contributed by atoms with Crippen LogP contribution < -0.4 is 5.32 Å². The van der Waals surface area contributed by atoms with E-state index in [0.717, 1.165) is 12.0 Å². The van der Waals surface area contributed by atoms with E-state index in [-0.39, 0.29) is 5.91 Å². The third-order valence-corrected chi connectivity index (χ3v) is 4.11. The molecule has 1 aromatic carbocycles. The van der Waals surface area contributed by atoms with Crippen molar-refractivity contribution in [2.75, 3.05) is 33.5 Å². The van der Waals surface area contributed by atoms with Gasteiger partial charge in [-0.05, 0) is 19.4 Å². The summed E-state index contributed by atoms with van der Waals surface area (Å²) < 4.78 is 15.6. The molecule has 0 bridgehead atoms. The number of hydrogen-bond acceptors (Lipinski definition) is 6. The number of methoxy groups -OCH3 is 1. The van der Waals surface area contributed by atoms with E-state index in [1.165, 1.54) is 0 Å². The summed E-state index contributed by atoms with van der Waals surface area (Å²) >= 11 is 0. The maximum Gasteiger partial charge on any atom is 0.259 e. The van der Waals surface area contributed by atoms with Gasteiger partial charge in [0.25, 0.3) is 11.6 Å². The Hall–Kier alpha value is -2.77. The maximum atomic E-state index is 12.8. The van der Waals surface area contributed by atoms with Gasteiger partial charge in [-0.3, -0.25) is 4.79 Å². The highest BCUT2D eigenvalue weighted by molar-refractivity contribution is 6.06. The van der Waals surface area contributed by atoms with Crippen molar-refractivity contribution in [2.24, 2.45) is 0 Å². The lowest BCUT2D eigenvalue weighted by atomic mass is 10.1. The first-order valence-corrected chi connectivity index (χ1v) is 8.88. The first kappa shape index (κ1) is 19.0. The number of carbonyl (C=O) groups excluding carboxylic acids is 1. The molecule has 7 heteroatoms. The second-order valence-electron chi connectivity index (χ2n) is 6.08. The van der Waals surface area contributed by atoms with Crippen molar-refractivity contribution in [3.63, 3.8) is 0 Å². The summed E-state index contributed by atoms with van der Waals surface area (Å²) in [5.74, 6) is -0.178. The Kier molecular flexibility index (Phi) is 6.51. The molecule has 27 heavy (non-hydrogen) atoms. The minimum absolute atomic E-state index is 0.178. The van der Waals surface area contributed by atoms with E-state index < -0.39 is 0 Å². The van der Waals surface area contributed by atoms with Crippen molar-refractivity contribution in [2.45, 2.75) is 13.3 Å². The number of hydrogen-bond donors (Lipinski definition) is 1. The highest BCUT2D eigenvalue weighted by atomic mass is 16.5. The Balaban J connectivity index is 1.74. The molecule has 1 N–H and O–H groups in total. The minimum atomic E-state index is -0.178. The Morgan fingerprint density at radius 3 is 2.78 bits per heavy atom. The van der Waals surface area contributed by atoms with Gasteiger partial charge in [0.2, 0.25) is 0 Å². The van der Waals surface area contributed by atoms with Crippen LogP contribution in [0.2, 0.25) is 0 Å². The molecule has 2 aromatic heterocycles. The van der Waals surface area contributed by atoms with Crippen LogP contribution in [0.5, 0.6) is 0 Å². The van der Waals surface area contributed by atoms with Crippen LogP contribution in [0.15, 0.2) is 40.9 Å². The fraction of sp³-hybridized carbons (Fsp3) is 0.350. The molecule has 0 aliphatic carbocycles. The summed E-state index contributed by atoms with van der Waals surface area (Å²) in [7, 11) is 1.63. The highest BCUT2D eigenvalue weighted by Gasteiger charge is 2.19. The van der Waals surface area contributed by atoms with Gasteiger partial charge in [-0.1, -0.05) is 35.5 Å². The van der Waals surface area contributed by atoms with E-state index in [1.807, 2.05) is 30.3 Å². The molecule has 0 saturated carbocycles. The molecule has 0 saturated heterocycles. The summed E-state index contributed by atoms with van der Waals surface area (Å²) in [6.45, 7) is 4.00. The number of rotatable bonds is 9. The zero-order valence-corrected chi connectivity index (χ0v) is 15.5. The molecule has 0 atom stereocenters. The van der Waals surface area contributed by atoms with Crippen molar-refractivity contribution in [1.82, 2.24) is 15.5 Å². The fourth-order valence-electron chi connectivity index (χ4n) is 2.75. The molecule has 0 unspecified atom stereocenters. The number of nitrogens with one attached hydrogen (secondary N) is 1. The van der Waals surface area contributed by atoms with Crippen LogP contribution >= 0.6 is 0 Å². The first-order valence-electron chi connectivity index (χ1n) is 8.88. The number of benzene rings is 1. The molecule has 2 heterocycles. The van der Waals surface area contributed by atoms with E-state index in [1.54, 1.807) is 20.1 Å².